The zero-order chi connectivity index (χ0) is 28.6. The van der Waals surface area contributed by atoms with E-state index in [4.69, 9.17) is 9.47 Å². The fourth-order valence-corrected chi connectivity index (χ4v) is 4.72. The SMILES string of the molecule is CCc1ccccc1N(C(=O)Cn1nnc2ccccc21)[C@H](C(=O)NCCC(C)C)c1ccc(OC)c(OC)c1. The molecule has 1 heterocycles. The highest BCUT2D eigenvalue weighted by atomic mass is 16.5. The molecule has 2 amide bonds. The average molecular weight is 544 g/mol. The second-order valence-electron chi connectivity index (χ2n) is 9.97. The number of fused-ring (bicyclic) bond motifs is 1. The maximum atomic E-state index is 14.3. The molecule has 0 aliphatic rings. The second kappa shape index (κ2) is 13.1. The van der Waals surface area contributed by atoms with Gasteiger partial charge in [0, 0.05) is 12.2 Å². The smallest absolute Gasteiger partial charge is 0.249 e. The van der Waals surface area contributed by atoms with E-state index in [1.807, 2.05) is 55.5 Å². The molecule has 210 valence electrons. The number of benzene rings is 3. The molecule has 1 N–H and O–H groups in total. The first kappa shape index (κ1) is 28.6. The van der Waals surface area contributed by atoms with E-state index in [1.165, 1.54) is 0 Å². The van der Waals surface area contributed by atoms with E-state index in [0.717, 1.165) is 17.5 Å². The number of aryl methyl sites for hydroxylation is 1. The van der Waals surface area contributed by atoms with Crippen LogP contribution in [0.15, 0.2) is 66.7 Å². The van der Waals surface area contributed by atoms with Gasteiger partial charge in [0.1, 0.15) is 18.1 Å². The van der Waals surface area contributed by atoms with Crippen molar-refractivity contribution in [3.8, 4) is 11.5 Å². The molecule has 0 radical (unpaired) electrons. The highest BCUT2D eigenvalue weighted by Crippen LogP contribution is 2.36. The van der Waals surface area contributed by atoms with Gasteiger partial charge in [-0.05, 0) is 60.2 Å². The lowest BCUT2D eigenvalue weighted by Gasteiger charge is -2.33. The molecular weight excluding hydrogens is 506 g/mol. The number of methoxy groups -OCH3 is 2. The van der Waals surface area contributed by atoms with Crippen LogP contribution in [0.1, 0.15) is 44.4 Å². The van der Waals surface area contributed by atoms with Gasteiger partial charge in [-0.1, -0.05) is 62.4 Å². The molecule has 0 fully saturated rings. The van der Waals surface area contributed by atoms with Crippen LogP contribution >= 0.6 is 0 Å². The summed E-state index contributed by atoms with van der Waals surface area (Å²) in [5.41, 5.74) is 3.64. The molecular formula is C31H37N5O4. The lowest BCUT2D eigenvalue weighted by Crippen LogP contribution is -2.46. The molecule has 0 saturated carbocycles. The molecule has 0 spiro atoms. The second-order valence-corrected chi connectivity index (χ2v) is 9.97. The number of nitrogens with zero attached hydrogens (tertiary/aromatic N) is 4. The number of hydrogen-bond acceptors (Lipinski definition) is 6. The van der Waals surface area contributed by atoms with Crippen LogP contribution in [0.3, 0.4) is 0 Å². The van der Waals surface area contributed by atoms with E-state index in [-0.39, 0.29) is 18.4 Å². The fourth-order valence-electron chi connectivity index (χ4n) is 4.72. The Balaban J connectivity index is 1.85. The van der Waals surface area contributed by atoms with E-state index >= 15 is 0 Å². The summed E-state index contributed by atoms with van der Waals surface area (Å²) < 4.78 is 12.6. The van der Waals surface area contributed by atoms with Crippen molar-refractivity contribution >= 4 is 28.5 Å². The van der Waals surface area contributed by atoms with E-state index in [9.17, 15) is 9.59 Å². The maximum absolute atomic E-state index is 14.3. The van der Waals surface area contributed by atoms with E-state index < -0.39 is 6.04 Å². The summed E-state index contributed by atoms with van der Waals surface area (Å²) in [5.74, 6) is 0.842. The Morgan fingerprint density at radius 1 is 0.975 bits per heavy atom. The molecule has 0 aliphatic carbocycles. The number of hydrogen-bond donors (Lipinski definition) is 1. The summed E-state index contributed by atoms with van der Waals surface area (Å²) in [6, 6.07) is 19.5. The van der Waals surface area contributed by atoms with Crippen LogP contribution < -0.4 is 19.7 Å². The minimum Gasteiger partial charge on any atom is -0.493 e. The number of nitrogens with one attached hydrogen (secondary N) is 1. The summed E-state index contributed by atoms with van der Waals surface area (Å²) in [5, 5.41) is 11.5. The zero-order valence-corrected chi connectivity index (χ0v) is 23.8. The number of aromatic nitrogens is 3. The Hall–Kier alpha value is -4.40. The van der Waals surface area contributed by atoms with Crippen LogP contribution in [0.2, 0.25) is 0 Å². The van der Waals surface area contributed by atoms with Gasteiger partial charge in [0.2, 0.25) is 11.8 Å². The Morgan fingerprint density at radius 2 is 1.70 bits per heavy atom. The van der Waals surface area contributed by atoms with Gasteiger partial charge in [-0.15, -0.1) is 5.10 Å². The molecule has 0 bridgehead atoms. The van der Waals surface area contributed by atoms with Gasteiger partial charge in [-0.3, -0.25) is 14.5 Å². The van der Waals surface area contributed by atoms with Gasteiger partial charge in [0.05, 0.1) is 19.7 Å². The van der Waals surface area contributed by atoms with Crippen LogP contribution in [-0.2, 0) is 22.6 Å². The Labute approximate surface area is 235 Å². The lowest BCUT2D eigenvalue weighted by atomic mass is 10.00. The Morgan fingerprint density at radius 3 is 2.42 bits per heavy atom. The predicted octanol–water partition coefficient (Wildman–Crippen LogP) is 4.95. The van der Waals surface area contributed by atoms with Crippen molar-refractivity contribution in [2.75, 3.05) is 25.7 Å². The van der Waals surface area contributed by atoms with Crippen LogP contribution in [0.5, 0.6) is 11.5 Å². The molecule has 4 rings (SSSR count). The number of ether oxygens (including phenoxy) is 2. The van der Waals surface area contributed by atoms with Crippen molar-refractivity contribution in [1.82, 2.24) is 20.3 Å². The van der Waals surface area contributed by atoms with Crippen molar-refractivity contribution in [3.63, 3.8) is 0 Å². The fraction of sp³-hybridized carbons (Fsp3) is 0.355. The first-order valence-corrected chi connectivity index (χ1v) is 13.6. The van der Waals surface area contributed by atoms with Crippen molar-refractivity contribution in [1.29, 1.82) is 0 Å². The molecule has 0 unspecified atom stereocenters. The molecule has 1 atom stereocenters. The van der Waals surface area contributed by atoms with Gasteiger partial charge < -0.3 is 14.8 Å². The highest BCUT2D eigenvalue weighted by molar-refractivity contribution is 6.02. The Kier molecular flexibility index (Phi) is 9.37. The average Bonchev–Trinajstić information content (AvgIpc) is 3.37. The number of anilines is 1. The number of carbonyl (C=O) groups is 2. The van der Waals surface area contributed by atoms with Gasteiger partial charge >= 0.3 is 0 Å². The third kappa shape index (κ3) is 6.25. The zero-order valence-electron chi connectivity index (χ0n) is 23.8. The van der Waals surface area contributed by atoms with Crippen molar-refractivity contribution in [2.24, 2.45) is 5.92 Å². The number of para-hydroxylation sites is 2. The van der Waals surface area contributed by atoms with Crippen LogP contribution in [-0.4, -0.2) is 47.6 Å². The summed E-state index contributed by atoms with van der Waals surface area (Å²) in [6.07, 6.45) is 1.49. The van der Waals surface area contributed by atoms with Crippen LogP contribution in [0, 0.1) is 5.92 Å². The third-order valence-electron chi connectivity index (χ3n) is 6.86. The monoisotopic (exact) mass is 543 g/mol. The maximum Gasteiger partial charge on any atom is 0.249 e. The summed E-state index contributed by atoms with van der Waals surface area (Å²) in [6.45, 7) is 6.63. The molecule has 1 aromatic heterocycles. The summed E-state index contributed by atoms with van der Waals surface area (Å²) in [7, 11) is 3.11. The molecule has 0 saturated heterocycles. The topological polar surface area (TPSA) is 98.6 Å². The van der Waals surface area contributed by atoms with Gasteiger partial charge in [-0.2, -0.15) is 0 Å². The minimum atomic E-state index is -0.970. The standard InChI is InChI=1S/C31H37N5O4/c1-6-22-11-7-9-13-25(22)36(29(37)20-35-26-14-10-8-12-24(26)33-34-35)30(31(38)32-18-17-21(2)3)23-15-16-27(39-4)28(19-23)40-5/h7-16,19,21,30H,6,17-18,20H2,1-5H3,(H,32,38)/t30-/m0/s1. The van der Waals surface area contributed by atoms with Crippen molar-refractivity contribution in [3.05, 3.63) is 77.9 Å². The highest BCUT2D eigenvalue weighted by Gasteiger charge is 2.34. The third-order valence-corrected chi connectivity index (χ3v) is 6.86. The van der Waals surface area contributed by atoms with E-state index in [0.29, 0.717) is 47.2 Å². The first-order chi connectivity index (χ1) is 19.4. The van der Waals surface area contributed by atoms with Crippen LogP contribution in [0.4, 0.5) is 5.69 Å². The quantitative estimate of drug-likeness (QED) is 0.272. The lowest BCUT2D eigenvalue weighted by molar-refractivity contribution is -0.127. The minimum absolute atomic E-state index is 0.0956. The molecule has 0 aliphatic heterocycles. The van der Waals surface area contributed by atoms with Gasteiger partial charge in [0.15, 0.2) is 11.5 Å². The van der Waals surface area contributed by atoms with Crippen molar-refractivity contribution < 1.29 is 19.1 Å². The first-order valence-electron chi connectivity index (χ1n) is 13.6. The molecule has 9 nitrogen and oxygen atoms in total. The predicted molar refractivity (Wildman–Crippen MR) is 156 cm³/mol. The van der Waals surface area contributed by atoms with Gasteiger partial charge in [0.25, 0.3) is 0 Å². The van der Waals surface area contributed by atoms with Gasteiger partial charge in [-0.25, -0.2) is 4.68 Å². The normalized spacial score (nSPS) is 11.8. The van der Waals surface area contributed by atoms with Crippen LogP contribution in [0.25, 0.3) is 11.0 Å². The number of rotatable bonds is 12. The molecule has 9 heteroatoms. The summed E-state index contributed by atoms with van der Waals surface area (Å²) in [4.78, 5) is 29.9. The number of carbonyl (C=O) groups excluding carboxylic acids is 2. The summed E-state index contributed by atoms with van der Waals surface area (Å²) >= 11 is 0. The van der Waals surface area contributed by atoms with E-state index in [1.54, 1.807) is 42.0 Å². The molecule has 40 heavy (non-hydrogen) atoms. The molecule has 3 aromatic carbocycles. The van der Waals surface area contributed by atoms with E-state index in [2.05, 4.69) is 29.5 Å². The Bertz CT molecular complexity index is 1470. The molecule has 4 aromatic rings. The van der Waals surface area contributed by atoms with Crippen molar-refractivity contribution in [2.45, 2.75) is 46.2 Å². The largest absolute Gasteiger partial charge is 0.493 e. The number of amides is 2.